The first-order chi connectivity index (χ1) is 9.96. The van der Waals surface area contributed by atoms with E-state index in [2.05, 4.69) is 5.32 Å². The third-order valence-electron chi connectivity index (χ3n) is 4.50. The molecule has 3 atom stereocenters. The van der Waals surface area contributed by atoms with Gasteiger partial charge in [0.1, 0.15) is 13.2 Å². The van der Waals surface area contributed by atoms with Crippen molar-refractivity contribution >= 4 is 9.84 Å². The molecule has 0 aliphatic carbocycles. The number of fused-ring (bicyclic) bond motifs is 2. The Kier molecular flexibility index (Phi) is 3.61. The average Bonchev–Trinajstić information content (AvgIpc) is 2.48. The molecule has 3 unspecified atom stereocenters. The van der Waals surface area contributed by atoms with E-state index in [0.717, 1.165) is 12.1 Å². The Morgan fingerprint density at radius 3 is 2.43 bits per heavy atom. The quantitative estimate of drug-likeness (QED) is 0.904. The van der Waals surface area contributed by atoms with E-state index in [1.54, 1.807) is 13.0 Å². The van der Waals surface area contributed by atoms with Crippen molar-refractivity contribution in [1.29, 1.82) is 0 Å². The summed E-state index contributed by atoms with van der Waals surface area (Å²) in [5, 5.41) is 2.98. The van der Waals surface area contributed by atoms with E-state index in [4.69, 9.17) is 9.47 Å². The summed E-state index contributed by atoms with van der Waals surface area (Å²) in [6, 6.07) is 3.47. The van der Waals surface area contributed by atoms with Crippen molar-refractivity contribution in [3.63, 3.8) is 0 Å². The zero-order valence-corrected chi connectivity index (χ0v) is 13.4. The van der Waals surface area contributed by atoms with Gasteiger partial charge < -0.3 is 14.8 Å². The molecule has 1 aromatic rings. The standard InChI is InChI=1S/C15H21NO4S/c1-4-16-15-9(2)10(3)21(17,18)14-8-13-12(7-11(14)15)19-5-6-20-13/h7-10,15-16H,4-6H2,1-3H3. The molecule has 21 heavy (non-hydrogen) atoms. The number of nitrogens with one attached hydrogen (secondary N) is 1. The van der Waals surface area contributed by atoms with E-state index in [9.17, 15) is 8.42 Å². The average molecular weight is 311 g/mol. The smallest absolute Gasteiger partial charge is 0.181 e. The van der Waals surface area contributed by atoms with Crippen LogP contribution in [0.4, 0.5) is 0 Å². The van der Waals surface area contributed by atoms with Crippen molar-refractivity contribution in [2.45, 2.75) is 37.0 Å². The number of benzene rings is 1. The fourth-order valence-corrected chi connectivity index (χ4v) is 5.04. The first kappa shape index (κ1) is 14.7. The molecule has 6 heteroatoms. The van der Waals surface area contributed by atoms with Crippen LogP contribution in [-0.2, 0) is 9.84 Å². The van der Waals surface area contributed by atoms with Crippen LogP contribution in [0.1, 0.15) is 32.4 Å². The highest BCUT2D eigenvalue weighted by Crippen LogP contribution is 2.45. The van der Waals surface area contributed by atoms with Gasteiger partial charge in [-0.25, -0.2) is 8.42 Å². The van der Waals surface area contributed by atoms with Crippen molar-refractivity contribution in [2.24, 2.45) is 5.92 Å². The highest BCUT2D eigenvalue weighted by Gasteiger charge is 2.42. The topological polar surface area (TPSA) is 64.6 Å². The molecule has 0 saturated heterocycles. The highest BCUT2D eigenvalue weighted by molar-refractivity contribution is 7.92. The van der Waals surface area contributed by atoms with Gasteiger partial charge in [-0.3, -0.25) is 0 Å². The van der Waals surface area contributed by atoms with Crippen LogP contribution in [0.3, 0.4) is 0 Å². The van der Waals surface area contributed by atoms with E-state index in [1.807, 2.05) is 19.9 Å². The molecule has 0 fully saturated rings. The van der Waals surface area contributed by atoms with E-state index in [1.165, 1.54) is 0 Å². The van der Waals surface area contributed by atoms with E-state index < -0.39 is 15.1 Å². The molecule has 0 saturated carbocycles. The van der Waals surface area contributed by atoms with Gasteiger partial charge in [0.25, 0.3) is 0 Å². The van der Waals surface area contributed by atoms with Crippen LogP contribution >= 0.6 is 0 Å². The van der Waals surface area contributed by atoms with Crippen LogP contribution in [-0.4, -0.2) is 33.4 Å². The van der Waals surface area contributed by atoms with Gasteiger partial charge in [0.2, 0.25) is 0 Å². The zero-order valence-electron chi connectivity index (χ0n) is 12.5. The molecule has 2 heterocycles. The maximum Gasteiger partial charge on any atom is 0.181 e. The molecule has 0 spiro atoms. The predicted octanol–water partition coefficient (Wildman–Crippen LogP) is 1.92. The maximum absolute atomic E-state index is 12.7. The third-order valence-corrected chi connectivity index (χ3v) is 6.87. The van der Waals surface area contributed by atoms with Gasteiger partial charge in [-0.1, -0.05) is 13.8 Å². The third kappa shape index (κ3) is 2.21. The van der Waals surface area contributed by atoms with Crippen LogP contribution in [0.5, 0.6) is 11.5 Å². The van der Waals surface area contributed by atoms with Gasteiger partial charge in [-0.05, 0) is 31.0 Å². The lowest BCUT2D eigenvalue weighted by Gasteiger charge is -2.37. The van der Waals surface area contributed by atoms with Gasteiger partial charge in [-0.15, -0.1) is 0 Å². The molecule has 0 amide bonds. The minimum absolute atomic E-state index is 0.00464. The van der Waals surface area contributed by atoms with Crippen LogP contribution in [0.25, 0.3) is 0 Å². The van der Waals surface area contributed by atoms with Gasteiger partial charge in [0.15, 0.2) is 21.3 Å². The van der Waals surface area contributed by atoms with Crippen LogP contribution in [0.15, 0.2) is 17.0 Å². The van der Waals surface area contributed by atoms with Gasteiger partial charge in [0.05, 0.1) is 10.1 Å². The van der Waals surface area contributed by atoms with Gasteiger partial charge in [-0.2, -0.15) is 0 Å². The first-order valence-electron chi connectivity index (χ1n) is 7.37. The summed E-state index contributed by atoms with van der Waals surface area (Å²) in [5.74, 6) is 1.17. The minimum atomic E-state index is -3.33. The monoisotopic (exact) mass is 311 g/mol. The fraction of sp³-hybridized carbons (Fsp3) is 0.600. The minimum Gasteiger partial charge on any atom is -0.486 e. The summed E-state index contributed by atoms with van der Waals surface area (Å²) in [4.78, 5) is 0.378. The zero-order chi connectivity index (χ0) is 15.2. The molecule has 1 N–H and O–H groups in total. The number of rotatable bonds is 2. The molecular formula is C15H21NO4S. The second-order valence-corrected chi connectivity index (χ2v) is 7.95. The molecule has 2 aliphatic heterocycles. The summed E-state index contributed by atoms with van der Waals surface area (Å²) in [5.41, 5.74) is 0.798. The lowest BCUT2D eigenvalue weighted by molar-refractivity contribution is 0.170. The molecular weight excluding hydrogens is 290 g/mol. The largest absolute Gasteiger partial charge is 0.486 e. The maximum atomic E-state index is 12.7. The second-order valence-electron chi connectivity index (χ2n) is 5.68. The van der Waals surface area contributed by atoms with Crippen molar-refractivity contribution in [2.75, 3.05) is 19.8 Å². The van der Waals surface area contributed by atoms with Gasteiger partial charge in [0, 0.05) is 12.1 Å². The van der Waals surface area contributed by atoms with Crippen molar-refractivity contribution in [1.82, 2.24) is 5.32 Å². The Hall–Kier alpha value is -1.27. The van der Waals surface area contributed by atoms with Gasteiger partial charge >= 0.3 is 0 Å². The molecule has 5 nitrogen and oxygen atoms in total. The predicted molar refractivity (Wildman–Crippen MR) is 79.7 cm³/mol. The molecule has 3 rings (SSSR count). The van der Waals surface area contributed by atoms with Crippen molar-refractivity contribution < 1.29 is 17.9 Å². The van der Waals surface area contributed by atoms with Crippen LogP contribution in [0, 0.1) is 5.92 Å². The van der Waals surface area contributed by atoms with E-state index in [-0.39, 0.29) is 12.0 Å². The molecule has 0 aromatic heterocycles. The summed E-state index contributed by atoms with van der Waals surface area (Å²) in [6.07, 6.45) is 0. The molecule has 2 aliphatic rings. The molecule has 0 bridgehead atoms. The second kappa shape index (κ2) is 5.18. The SMILES string of the molecule is CCNC1c2cc3c(cc2S(=O)(=O)C(C)C1C)OCCO3. The van der Waals surface area contributed by atoms with Crippen LogP contribution < -0.4 is 14.8 Å². The van der Waals surface area contributed by atoms with E-state index in [0.29, 0.717) is 29.6 Å². The lowest BCUT2D eigenvalue weighted by Crippen LogP contribution is -2.41. The van der Waals surface area contributed by atoms with E-state index >= 15 is 0 Å². The number of ether oxygens (including phenoxy) is 2. The molecule has 1 aromatic carbocycles. The summed E-state index contributed by atoms with van der Waals surface area (Å²) in [6.45, 7) is 7.53. The number of hydrogen-bond acceptors (Lipinski definition) is 5. The summed E-state index contributed by atoms with van der Waals surface area (Å²) >= 11 is 0. The fourth-order valence-electron chi connectivity index (χ4n) is 3.13. The van der Waals surface area contributed by atoms with Crippen molar-refractivity contribution in [3.8, 4) is 11.5 Å². The Morgan fingerprint density at radius 2 is 1.81 bits per heavy atom. The highest BCUT2D eigenvalue weighted by atomic mass is 32.2. The van der Waals surface area contributed by atoms with Crippen LogP contribution in [0.2, 0.25) is 0 Å². The Labute approximate surface area is 125 Å². The number of hydrogen-bond donors (Lipinski definition) is 1. The number of sulfone groups is 1. The normalized spacial score (nSPS) is 29.8. The Bertz CT molecular complexity index is 656. The van der Waals surface area contributed by atoms with Crippen molar-refractivity contribution in [3.05, 3.63) is 17.7 Å². The summed E-state index contributed by atoms with van der Waals surface area (Å²) < 4.78 is 36.6. The Morgan fingerprint density at radius 1 is 1.19 bits per heavy atom. The summed E-state index contributed by atoms with van der Waals surface area (Å²) in [7, 11) is -3.33. The first-order valence-corrected chi connectivity index (χ1v) is 8.92. The molecule has 116 valence electrons. The Balaban J connectivity index is 2.21. The molecule has 0 radical (unpaired) electrons. The lowest BCUT2D eigenvalue weighted by atomic mass is 9.91.